The predicted octanol–water partition coefficient (Wildman–Crippen LogP) is 1.65. The number of nitro benzene ring substituents is 1. The number of likely N-dealkylation sites (N-methyl/N-ethyl adjacent to an activating group) is 1. The van der Waals surface area contributed by atoms with Gasteiger partial charge in [-0.3, -0.25) is 10.1 Å². The largest absolute Gasteiger partial charge is 0.397 e. The lowest BCUT2D eigenvalue weighted by Crippen LogP contribution is -2.33. The predicted molar refractivity (Wildman–Crippen MR) is 67.2 cm³/mol. The molecule has 2 N–H and O–H groups in total. The molecule has 94 valence electrons. The summed E-state index contributed by atoms with van der Waals surface area (Å²) in [5, 5.41) is 10.6. The lowest BCUT2D eigenvalue weighted by Gasteiger charge is -2.27. The summed E-state index contributed by atoms with van der Waals surface area (Å²) in [6, 6.07) is 4.61. The number of hydrogen-bond acceptors (Lipinski definition) is 5. The molecule has 0 saturated carbocycles. The van der Waals surface area contributed by atoms with Gasteiger partial charge in [-0.15, -0.1) is 0 Å². The van der Waals surface area contributed by atoms with Crippen LogP contribution in [-0.2, 0) is 4.74 Å². The minimum absolute atomic E-state index is 0.000885. The van der Waals surface area contributed by atoms with E-state index in [0.29, 0.717) is 12.3 Å². The van der Waals surface area contributed by atoms with Crippen LogP contribution in [0.4, 0.5) is 17.1 Å². The third kappa shape index (κ3) is 3.07. The van der Waals surface area contributed by atoms with Gasteiger partial charge in [-0.25, -0.2) is 0 Å². The van der Waals surface area contributed by atoms with Crippen LogP contribution in [0.1, 0.15) is 6.92 Å². The molecule has 0 aliphatic rings. The highest BCUT2D eigenvalue weighted by molar-refractivity contribution is 5.70. The number of rotatable bonds is 5. The molecule has 1 rings (SSSR count). The summed E-state index contributed by atoms with van der Waals surface area (Å²) in [6.45, 7) is 2.55. The van der Waals surface area contributed by atoms with E-state index in [1.807, 2.05) is 18.9 Å². The van der Waals surface area contributed by atoms with Crippen molar-refractivity contribution in [1.29, 1.82) is 0 Å². The Morgan fingerprint density at radius 2 is 2.24 bits per heavy atom. The average Bonchev–Trinajstić information content (AvgIpc) is 2.28. The maximum atomic E-state index is 10.6. The maximum absolute atomic E-state index is 10.6. The number of benzene rings is 1. The first kappa shape index (κ1) is 13.2. The lowest BCUT2D eigenvalue weighted by molar-refractivity contribution is -0.384. The van der Waals surface area contributed by atoms with E-state index in [1.54, 1.807) is 13.2 Å². The Kier molecular flexibility index (Phi) is 4.28. The Labute approximate surface area is 100 Å². The number of anilines is 2. The fourth-order valence-electron chi connectivity index (χ4n) is 1.57. The first-order valence-corrected chi connectivity index (χ1v) is 5.23. The van der Waals surface area contributed by atoms with E-state index in [1.165, 1.54) is 12.1 Å². The second-order valence-electron chi connectivity index (χ2n) is 3.92. The van der Waals surface area contributed by atoms with E-state index in [9.17, 15) is 10.1 Å². The average molecular weight is 239 g/mol. The first-order chi connectivity index (χ1) is 7.97. The fraction of sp³-hybridized carbons (Fsp3) is 0.455. The van der Waals surface area contributed by atoms with E-state index in [-0.39, 0.29) is 11.7 Å². The number of nitro groups is 1. The summed E-state index contributed by atoms with van der Waals surface area (Å²) in [5.41, 5.74) is 6.96. The smallest absolute Gasteiger partial charge is 0.271 e. The monoisotopic (exact) mass is 239 g/mol. The number of methoxy groups -OCH3 is 1. The van der Waals surface area contributed by atoms with E-state index >= 15 is 0 Å². The SMILES string of the molecule is COCC(C)N(C)c1ccc([N+](=O)[O-])cc1N. The molecule has 0 amide bonds. The van der Waals surface area contributed by atoms with Crippen LogP contribution in [0.25, 0.3) is 0 Å². The molecule has 0 radical (unpaired) electrons. The molecule has 0 heterocycles. The van der Waals surface area contributed by atoms with Crippen molar-refractivity contribution in [2.45, 2.75) is 13.0 Å². The number of hydrogen-bond donors (Lipinski definition) is 1. The van der Waals surface area contributed by atoms with Gasteiger partial charge in [0.05, 0.1) is 22.9 Å². The van der Waals surface area contributed by atoms with E-state index in [4.69, 9.17) is 10.5 Å². The van der Waals surface area contributed by atoms with Gasteiger partial charge in [-0.05, 0) is 13.0 Å². The quantitative estimate of drug-likeness (QED) is 0.480. The van der Waals surface area contributed by atoms with Crippen LogP contribution in [0.3, 0.4) is 0 Å². The van der Waals surface area contributed by atoms with Gasteiger partial charge >= 0.3 is 0 Å². The summed E-state index contributed by atoms with van der Waals surface area (Å²) in [7, 11) is 3.50. The van der Waals surface area contributed by atoms with Gasteiger partial charge in [-0.1, -0.05) is 0 Å². The third-order valence-electron chi connectivity index (χ3n) is 2.67. The molecule has 1 atom stereocenters. The normalized spacial score (nSPS) is 12.2. The third-order valence-corrected chi connectivity index (χ3v) is 2.67. The topological polar surface area (TPSA) is 81.6 Å². The molecule has 6 heteroatoms. The van der Waals surface area contributed by atoms with Crippen LogP contribution in [0.2, 0.25) is 0 Å². The van der Waals surface area contributed by atoms with Gasteiger partial charge in [-0.2, -0.15) is 0 Å². The molecule has 1 aromatic rings. The molecule has 0 aromatic heterocycles. The Hall–Kier alpha value is -1.82. The minimum atomic E-state index is -0.460. The number of ether oxygens (including phenoxy) is 1. The second kappa shape index (κ2) is 5.49. The highest BCUT2D eigenvalue weighted by atomic mass is 16.6. The molecule has 6 nitrogen and oxygen atoms in total. The van der Waals surface area contributed by atoms with Crippen molar-refractivity contribution in [3.63, 3.8) is 0 Å². The van der Waals surface area contributed by atoms with Gasteiger partial charge in [0.25, 0.3) is 5.69 Å². The van der Waals surface area contributed by atoms with Gasteiger partial charge in [0.2, 0.25) is 0 Å². The van der Waals surface area contributed by atoms with Gasteiger partial charge in [0.15, 0.2) is 0 Å². The summed E-state index contributed by atoms with van der Waals surface area (Å²) < 4.78 is 5.06. The fourth-order valence-corrected chi connectivity index (χ4v) is 1.57. The zero-order valence-electron chi connectivity index (χ0n) is 10.2. The van der Waals surface area contributed by atoms with Crippen LogP contribution in [0, 0.1) is 10.1 Å². The van der Waals surface area contributed by atoms with E-state index in [0.717, 1.165) is 5.69 Å². The standard InChI is InChI=1S/C11H17N3O3/c1-8(7-17-3)13(2)11-5-4-9(14(15)16)6-10(11)12/h4-6,8H,7,12H2,1-3H3. The van der Waals surface area contributed by atoms with Crippen LogP contribution < -0.4 is 10.6 Å². The van der Waals surface area contributed by atoms with Crippen molar-refractivity contribution in [2.75, 3.05) is 31.4 Å². The highest BCUT2D eigenvalue weighted by Crippen LogP contribution is 2.27. The van der Waals surface area contributed by atoms with Crippen LogP contribution in [0.15, 0.2) is 18.2 Å². The second-order valence-corrected chi connectivity index (χ2v) is 3.92. The molecule has 0 aliphatic carbocycles. The van der Waals surface area contributed by atoms with Crippen molar-refractivity contribution < 1.29 is 9.66 Å². The van der Waals surface area contributed by atoms with Gasteiger partial charge in [0.1, 0.15) is 0 Å². The lowest BCUT2D eigenvalue weighted by atomic mass is 10.2. The minimum Gasteiger partial charge on any atom is -0.397 e. The zero-order chi connectivity index (χ0) is 13.0. The molecule has 1 unspecified atom stereocenters. The van der Waals surface area contributed by atoms with Crippen molar-refractivity contribution in [3.8, 4) is 0 Å². The maximum Gasteiger partial charge on any atom is 0.271 e. The Bertz CT molecular complexity index is 409. The van der Waals surface area contributed by atoms with E-state index in [2.05, 4.69) is 0 Å². The summed E-state index contributed by atoms with van der Waals surface area (Å²) in [5.74, 6) is 0. The molecule has 0 bridgehead atoms. The van der Waals surface area contributed by atoms with Crippen molar-refractivity contribution in [3.05, 3.63) is 28.3 Å². The summed E-state index contributed by atoms with van der Waals surface area (Å²) >= 11 is 0. The van der Waals surface area contributed by atoms with Crippen molar-refractivity contribution in [1.82, 2.24) is 0 Å². The van der Waals surface area contributed by atoms with E-state index < -0.39 is 4.92 Å². The molecule has 17 heavy (non-hydrogen) atoms. The summed E-state index contributed by atoms with van der Waals surface area (Å²) in [6.07, 6.45) is 0. The summed E-state index contributed by atoms with van der Waals surface area (Å²) in [4.78, 5) is 12.1. The molecular formula is C11H17N3O3. The van der Waals surface area contributed by atoms with Crippen molar-refractivity contribution in [2.24, 2.45) is 0 Å². The Morgan fingerprint density at radius 3 is 2.71 bits per heavy atom. The number of non-ortho nitro benzene ring substituents is 1. The molecule has 1 aromatic carbocycles. The molecule has 0 aliphatic heterocycles. The number of nitrogens with two attached hydrogens (primary N) is 1. The van der Waals surface area contributed by atoms with Gasteiger partial charge in [0, 0.05) is 32.3 Å². The van der Waals surface area contributed by atoms with Crippen molar-refractivity contribution >= 4 is 17.1 Å². The molecule has 0 fully saturated rings. The van der Waals surface area contributed by atoms with Crippen LogP contribution in [-0.4, -0.2) is 31.7 Å². The number of nitrogen functional groups attached to an aromatic ring is 1. The number of nitrogens with zero attached hydrogens (tertiary/aromatic N) is 2. The van der Waals surface area contributed by atoms with Gasteiger partial charge < -0.3 is 15.4 Å². The first-order valence-electron chi connectivity index (χ1n) is 5.23. The Morgan fingerprint density at radius 1 is 1.59 bits per heavy atom. The molecule has 0 spiro atoms. The van der Waals surface area contributed by atoms with Crippen LogP contribution in [0.5, 0.6) is 0 Å². The molecule has 0 saturated heterocycles. The zero-order valence-corrected chi connectivity index (χ0v) is 10.2. The van der Waals surface area contributed by atoms with Crippen LogP contribution >= 0.6 is 0 Å². The Balaban J connectivity index is 2.95. The highest BCUT2D eigenvalue weighted by Gasteiger charge is 2.15. The molecular weight excluding hydrogens is 222 g/mol.